The molecule has 0 aliphatic heterocycles. The van der Waals surface area contributed by atoms with E-state index in [0.29, 0.717) is 18.7 Å². The van der Waals surface area contributed by atoms with Crippen LogP contribution in [0.2, 0.25) is 0 Å². The number of amides is 2. The van der Waals surface area contributed by atoms with Crippen molar-refractivity contribution in [1.29, 1.82) is 0 Å². The molecule has 0 aliphatic rings. The summed E-state index contributed by atoms with van der Waals surface area (Å²) in [4.78, 5) is 29.9. The number of carbonyl (C=O) groups excluding carboxylic acids is 2. The molecule has 4 rings (SSSR count). The smallest absolute Gasteiger partial charge is 0.264 e. The Morgan fingerprint density at radius 1 is 0.818 bits per heavy atom. The Balaban J connectivity index is 1.82. The Bertz CT molecular complexity index is 1650. The second-order valence-corrected chi connectivity index (χ2v) is 13.2. The number of aryl methyl sites for hydroxylation is 1. The van der Waals surface area contributed by atoms with Gasteiger partial charge in [0.2, 0.25) is 11.8 Å². The molecule has 0 spiro atoms. The van der Waals surface area contributed by atoms with Gasteiger partial charge in [-0.1, -0.05) is 109 Å². The van der Waals surface area contributed by atoms with Crippen LogP contribution in [0.25, 0.3) is 0 Å². The maximum atomic E-state index is 14.5. The summed E-state index contributed by atoms with van der Waals surface area (Å²) in [6.45, 7) is 4.01. The van der Waals surface area contributed by atoms with Crippen molar-refractivity contribution >= 4 is 43.5 Å². The molecule has 9 heteroatoms. The van der Waals surface area contributed by atoms with Gasteiger partial charge in [-0.15, -0.1) is 0 Å². The van der Waals surface area contributed by atoms with Crippen LogP contribution in [0.1, 0.15) is 37.0 Å². The lowest BCUT2D eigenvalue weighted by molar-refractivity contribution is -0.140. The molecular formula is C35H38BrN3O4S. The molecule has 0 fully saturated rings. The van der Waals surface area contributed by atoms with Crippen molar-refractivity contribution in [2.75, 3.05) is 17.4 Å². The number of halogens is 1. The molecule has 7 nitrogen and oxygen atoms in total. The first-order valence-corrected chi connectivity index (χ1v) is 17.0. The van der Waals surface area contributed by atoms with Crippen LogP contribution in [-0.2, 0) is 39.0 Å². The van der Waals surface area contributed by atoms with Crippen LogP contribution in [0, 0.1) is 0 Å². The summed E-state index contributed by atoms with van der Waals surface area (Å²) >= 11 is 3.51. The van der Waals surface area contributed by atoms with Crippen molar-refractivity contribution < 1.29 is 18.0 Å². The molecule has 0 radical (unpaired) electrons. The summed E-state index contributed by atoms with van der Waals surface area (Å²) in [5, 5.41) is 2.97. The molecule has 0 heterocycles. The number of sulfonamides is 1. The Morgan fingerprint density at radius 3 is 2.11 bits per heavy atom. The Kier molecular flexibility index (Phi) is 11.7. The van der Waals surface area contributed by atoms with E-state index in [2.05, 4.69) is 21.2 Å². The van der Waals surface area contributed by atoms with Crippen molar-refractivity contribution in [2.24, 2.45) is 0 Å². The van der Waals surface area contributed by atoms with E-state index < -0.39 is 28.5 Å². The number of anilines is 1. The summed E-state index contributed by atoms with van der Waals surface area (Å²) < 4.78 is 30.4. The van der Waals surface area contributed by atoms with E-state index >= 15 is 0 Å². The number of carbonyl (C=O) groups is 2. The maximum Gasteiger partial charge on any atom is 0.264 e. The second kappa shape index (κ2) is 15.7. The van der Waals surface area contributed by atoms with E-state index in [1.165, 1.54) is 21.3 Å². The maximum absolute atomic E-state index is 14.5. The monoisotopic (exact) mass is 675 g/mol. The van der Waals surface area contributed by atoms with Gasteiger partial charge in [0.15, 0.2) is 0 Å². The minimum atomic E-state index is -4.14. The van der Waals surface area contributed by atoms with Gasteiger partial charge >= 0.3 is 0 Å². The predicted molar refractivity (Wildman–Crippen MR) is 179 cm³/mol. The quantitative estimate of drug-likeness (QED) is 0.168. The topological polar surface area (TPSA) is 86.8 Å². The number of hydrogen-bond acceptors (Lipinski definition) is 4. The number of benzene rings is 4. The van der Waals surface area contributed by atoms with Crippen LogP contribution >= 0.6 is 15.9 Å². The third-order valence-corrected chi connectivity index (χ3v) is 9.58. The van der Waals surface area contributed by atoms with Crippen LogP contribution in [0.4, 0.5) is 5.69 Å². The molecule has 4 aromatic carbocycles. The fourth-order valence-electron chi connectivity index (χ4n) is 5.04. The van der Waals surface area contributed by atoms with Gasteiger partial charge < -0.3 is 10.2 Å². The van der Waals surface area contributed by atoms with Gasteiger partial charge in [0.1, 0.15) is 12.6 Å². The Labute approximate surface area is 269 Å². The average molecular weight is 677 g/mol. The Hall–Kier alpha value is -3.95. The second-order valence-electron chi connectivity index (χ2n) is 10.5. The molecule has 0 saturated carbocycles. The van der Waals surface area contributed by atoms with Crippen LogP contribution in [0.15, 0.2) is 119 Å². The van der Waals surface area contributed by atoms with Crippen LogP contribution in [-0.4, -0.2) is 44.3 Å². The molecule has 0 unspecified atom stereocenters. The van der Waals surface area contributed by atoms with E-state index in [4.69, 9.17) is 0 Å². The molecule has 0 saturated heterocycles. The van der Waals surface area contributed by atoms with Crippen molar-refractivity contribution in [3.63, 3.8) is 0 Å². The highest BCUT2D eigenvalue weighted by atomic mass is 79.9. The number of rotatable bonds is 14. The molecular weight excluding hydrogens is 638 g/mol. The van der Waals surface area contributed by atoms with Crippen molar-refractivity contribution in [1.82, 2.24) is 10.2 Å². The summed E-state index contributed by atoms with van der Waals surface area (Å²) in [7, 11) is -4.14. The van der Waals surface area contributed by atoms with E-state index in [1.807, 2.05) is 80.6 Å². The first-order chi connectivity index (χ1) is 21.2. The minimum absolute atomic E-state index is 0.0822. The van der Waals surface area contributed by atoms with Crippen LogP contribution < -0.4 is 9.62 Å². The lowest BCUT2D eigenvalue weighted by Crippen LogP contribution is -2.53. The lowest BCUT2D eigenvalue weighted by atomic mass is 10.0. The third kappa shape index (κ3) is 8.36. The van der Waals surface area contributed by atoms with Gasteiger partial charge in [-0.25, -0.2) is 8.42 Å². The number of para-hydroxylation sites is 1. The van der Waals surface area contributed by atoms with Gasteiger partial charge in [0.05, 0.1) is 10.6 Å². The number of nitrogens with one attached hydrogen (secondary N) is 1. The molecule has 2 amide bonds. The largest absolute Gasteiger partial charge is 0.354 e. The summed E-state index contributed by atoms with van der Waals surface area (Å²) in [6, 6.07) is 31.5. The standard InChI is InChI=1S/C35H38BrN3O4S/c1-3-22-37-35(41)33(24-27-14-7-5-8-15-27)38(25-28-16-13-18-30(36)23-28)34(40)26-39(32-21-12-11-17-29(32)4-2)44(42,43)31-19-9-6-10-20-31/h5-21,23,33H,3-4,22,24-26H2,1-2H3,(H,37,41)/t33-/m1/s1. The molecule has 4 aromatic rings. The Morgan fingerprint density at radius 2 is 1.45 bits per heavy atom. The van der Waals surface area contributed by atoms with Crippen molar-refractivity contribution in [3.8, 4) is 0 Å². The van der Waals surface area contributed by atoms with E-state index in [9.17, 15) is 18.0 Å². The van der Waals surface area contributed by atoms with E-state index in [-0.39, 0.29) is 23.8 Å². The summed E-state index contributed by atoms with van der Waals surface area (Å²) in [6.07, 6.45) is 1.58. The third-order valence-electron chi connectivity index (χ3n) is 7.31. The predicted octanol–water partition coefficient (Wildman–Crippen LogP) is 6.37. The van der Waals surface area contributed by atoms with Crippen molar-refractivity contribution in [3.05, 3.63) is 130 Å². The zero-order chi connectivity index (χ0) is 31.5. The highest BCUT2D eigenvalue weighted by Gasteiger charge is 2.35. The zero-order valence-corrected chi connectivity index (χ0v) is 27.4. The molecule has 0 aromatic heterocycles. The molecule has 0 aliphatic carbocycles. The molecule has 1 N–H and O–H groups in total. The zero-order valence-electron chi connectivity index (χ0n) is 25.0. The normalized spacial score (nSPS) is 11.9. The lowest BCUT2D eigenvalue weighted by Gasteiger charge is -2.34. The van der Waals surface area contributed by atoms with Crippen LogP contribution in [0.3, 0.4) is 0 Å². The first kappa shape index (κ1) is 33.0. The highest BCUT2D eigenvalue weighted by molar-refractivity contribution is 9.10. The SMILES string of the molecule is CCCNC(=O)[C@@H](Cc1ccccc1)N(Cc1cccc(Br)c1)C(=O)CN(c1ccccc1CC)S(=O)(=O)c1ccccc1. The molecule has 230 valence electrons. The fraction of sp³-hybridized carbons (Fsp3) is 0.257. The van der Waals surface area contributed by atoms with E-state index in [1.54, 1.807) is 30.3 Å². The number of hydrogen-bond donors (Lipinski definition) is 1. The van der Waals surface area contributed by atoms with E-state index in [0.717, 1.165) is 27.6 Å². The van der Waals surface area contributed by atoms with Gasteiger partial charge in [-0.3, -0.25) is 13.9 Å². The van der Waals surface area contributed by atoms with Crippen molar-refractivity contribution in [2.45, 2.75) is 50.6 Å². The fourth-order valence-corrected chi connectivity index (χ4v) is 6.96. The minimum Gasteiger partial charge on any atom is -0.354 e. The molecule has 1 atom stereocenters. The average Bonchev–Trinajstić information content (AvgIpc) is 3.04. The molecule has 44 heavy (non-hydrogen) atoms. The first-order valence-electron chi connectivity index (χ1n) is 14.8. The van der Waals surface area contributed by atoms with Gasteiger partial charge in [-0.2, -0.15) is 0 Å². The van der Waals surface area contributed by atoms with Gasteiger partial charge in [-0.05, 0) is 59.9 Å². The summed E-state index contributed by atoms with van der Waals surface area (Å²) in [5.41, 5.74) is 2.92. The summed E-state index contributed by atoms with van der Waals surface area (Å²) in [5.74, 6) is -0.770. The highest BCUT2D eigenvalue weighted by Crippen LogP contribution is 2.28. The number of nitrogens with zero attached hydrogens (tertiary/aromatic N) is 2. The van der Waals surface area contributed by atoms with Gasteiger partial charge in [0, 0.05) is 24.0 Å². The molecule has 0 bridgehead atoms. The van der Waals surface area contributed by atoms with Gasteiger partial charge in [0.25, 0.3) is 10.0 Å². The van der Waals surface area contributed by atoms with Crippen LogP contribution in [0.5, 0.6) is 0 Å².